The van der Waals surface area contributed by atoms with Crippen molar-refractivity contribution in [1.82, 2.24) is 0 Å². The quantitative estimate of drug-likeness (QED) is 0.878. The van der Waals surface area contributed by atoms with E-state index >= 15 is 0 Å². The van der Waals surface area contributed by atoms with Crippen molar-refractivity contribution in [3.05, 3.63) is 29.3 Å². The standard InChI is InChI=1S/C15H19NO3/c1-10-5-6-11(13(17)18)9-12(10)16-14(19)15(2)7-3-4-8-15/h5-6,9H,3-4,7-8H2,1-2H3,(H,16,19)(H,17,18). The third-order valence-corrected chi connectivity index (χ3v) is 3.99. The first-order chi connectivity index (χ1) is 8.92. The zero-order chi connectivity index (χ0) is 14.0. The summed E-state index contributed by atoms with van der Waals surface area (Å²) in [5.74, 6) is -0.988. The number of benzene rings is 1. The highest BCUT2D eigenvalue weighted by molar-refractivity contribution is 5.97. The molecule has 0 unspecified atom stereocenters. The minimum absolute atomic E-state index is 0.00404. The van der Waals surface area contributed by atoms with E-state index < -0.39 is 5.97 Å². The van der Waals surface area contributed by atoms with Gasteiger partial charge in [0.2, 0.25) is 5.91 Å². The van der Waals surface area contributed by atoms with Crippen LogP contribution in [0, 0.1) is 12.3 Å². The van der Waals surface area contributed by atoms with Crippen LogP contribution in [0.1, 0.15) is 48.5 Å². The predicted molar refractivity (Wildman–Crippen MR) is 73.3 cm³/mol. The van der Waals surface area contributed by atoms with E-state index in [2.05, 4.69) is 5.32 Å². The van der Waals surface area contributed by atoms with Gasteiger partial charge in [0.05, 0.1) is 5.56 Å². The molecule has 0 bridgehead atoms. The molecule has 0 aromatic heterocycles. The van der Waals surface area contributed by atoms with Crippen molar-refractivity contribution >= 4 is 17.6 Å². The largest absolute Gasteiger partial charge is 0.478 e. The number of carbonyl (C=O) groups excluding carboxylic acids is 1. The topological polar surface area (TPSA) is 66.4 Å². The number of anilines is 1. The highest BCUT2D eigenvalue weighted by Crippen LogP contribution is 2.38. The molecule has 19 heavy (non-hydrogen) atoms. The van der Waals surface area contributed by atoms with E-state index in [0.717, 1.165) is 31.2 Å². The van der Waals surface area contributed by atoms with Crippen LogP contribution in [-0.2, 0) is 4.79 Å². The molecule has 0 radical (unpaired) electrons. The highest BCUT2D eigenvalue weighted by atomic mass is 16.4. The van der Waals surface area contributed by atoms with E-state index in [1.54, 1.807) is 12.1 Å². The molecule has 0 spiro atoms. The van der Waals surface area contributed by atoms with Crippen LogP contribution in [0.5, 0.6) is 0 Å². The van der Waals surface area contributed by atoms with Crippen molar-refractivity contribution in [2.24, 2.45) is 5.41 Å². The van der Waals surface area contributed by atoms with Crippen molar-refractivity contribution < 1.29 is 14.7 Å². The summed E-state index contributed by atoms with van der Waals surface area (Å²) < 4.78 is 0. The van der Waals surface area contributed by atoms with Gasteiger partial charge in [-0.1, -0.05) is 25.8 Å². The fourth-order valence-corrected chi connectivity index (χ4v) is 2.55. The van der Waals surface area contributed by atoms with Crippen LogP contribution < -0.4 is 5.32 Å². The zero-order valence-corrected chi connectivity index (χ0v) is 11.3. The van der Waals surface area contributed by atoms with Gasteiger partial charge in [0, 0.05) is 11.1 Å². The van der Waals surface area contributed by atoms with E-state index in [0.29, 0.717) is 5.69 Å². The van der Waals surface area contributed by atoms with Gasteiger partial charge in [-0.15, -0.1) is 0 Å². The minimum Gasteiger partial charge on any atom is -0.478 e. The first-order valence-electron chi connectivity index (χ1n) is 6.58. The molecular formula is C15H19NO3. The molecule has 1 aliphatic rings. The minimum atomic E-state index is -0.984. The van der Waals surface area contributed by atoms with Crippen LogP contribution in [0.4, 0.5) is 5.69 Å². The second-order valence-corrected chi connectivity index (χ2v) is 5.56. The Hall–Kier alpha value is -1.84. The average molecular weight is 261 g/mol. The Balaban J connectivity index is 2.20. The molecule has 2 N–H and O–H groups in total. The first-order valence-corrected chi connectivity index (χ1v) is 6.58. The summed E-state index contributed by atoms with van der Waals surface area (Å²) in [6, 6.07) is 4.79. The van der Waals surface area contributed by atoms with Crippen molar-refractivity contribution in [1.29, 1.82) is 0 Å². The Kier molecular flexibility index (Phi) is 3.60. The molecule has 1 aromatic carbocycles. The van der Waals surface area contributed by atoms with E-state index in [9.17, 15) is 9.59 Å². The van der Waals surface area contributed by atoms with E-state index in [1.165, 1.54) is 6.07 Å². The van der Waals surface area contributed by atoms with E-state index in [-0.39, 0.29) is 16.9 Å². The van der Waals surface area contributed by atoms with Crippen LogP contribution in [0.2, 0.25) is 0 Å². The third-order valence-electron chi connectivity index (χ3n) is 3.99. The van der Waals surface area contributed by atoms with Crippen LogP contribution in [-0.4, -0.2) is 17.0 Å². The lowest BCUT2D eigenvalue weighted by Crippen LogP contribution is -2.31. The monoisotopic (exact) mass is 261 g/mol. The normalized spacial score (nSPS) is 17.2. The molecule has 102 valence electrons. The van der Waals surface area contributed by atoms with E-state index in [1.807, 2.05) is 13.8 Å². The summed E-state index contributed by atoms with van der Waals surface area (Å²) in [5.41, 5.74) is 1.35. The number of nitrogens with one attached hydrogen (secondary N) is 1. The summed E-state index contributed by atoms with van der Waals surface area (Å²) in [6.07, 6.45) is 3.96. The molecule has 4 nitrogen and oxygen atoms in total. The Morgan fingerprint density at radius 2 is 1.89 bits per heavy atom. The van der Waals surface area contributed by atoms with Gasteiger partial charge in [-0.2, -0.15) is 0 Å². The third kappa shape index (κ3) is 2.78. The number of rotatable bonds is 3. The van der Waals surface area contributed by atoms with Crippen molar-refractivity contribution in [3.63, 3.8) is 0 Å². The molecule has 1 fully saturated rings. The number of hydrogen-bond acceptors (Lipinski definition) is 2. The molecule has 0 atom stereocenters. The SMILES string of the molecule is Cc1ccc(C(=O)O)cc1NC(=O)C1(C)CCCC1. The van der Waals surface area contributed by atoms with Gasteiger partial charge in [0.1, 0.15) is 0 Å². The Morgan fingerprint density at radius 3 is 2.47 bits per heavy atom. The number of hydrogen-bond donors (Lipinski definition) is 2. The summed E-state index contributed by atoms with van der Waals surface area (Å²) >= 11 is 0. The van der Waals surface area contributed by atoms with Crippen LogP contribution in [0.15, 0.2) is 18.2 Å². The highest BCUT2D eigenvalue weighted by Gasteiger charge is 2.36. The van der Waals surface area contributed by atoms with Gasteiger partial charge in [-0.25, -0.2) is 4.79 Å². The van der Waals surface area contributed by atoms with Crippen molar-refractivity contribution in [2.75, 3.05) is 5.32 Å². The maximum Gasteiger partial charge on any atom is 0.335 e. The predicted octanol–water partition coefficient (Wildman–Crippen LogP) is 3.21. The van der Waals surface area contributed by atoms with Gasteiger partial charge in [0.25, 0.3) is 0 Å². The van der Waals surface area contributed by atoms with Gasteiger partial charge >= 0.3 is 5.97 Å². The Bertz CT molecular complexity index is 516. The molecule has 2 rings (SSSR count). The molecule has 0 heterocycles. The average Bonchev–Trinajstić information content (AvgIpc) is 2.80. The number of aromatic carboxylic acids is 1. The number of aryl methyl sites for hydroxylation is 1. The second-order valence-electron chi connectivity index (χ2n) is 5.56. The fourth-order valence-electron chi connectivity index (χ4n) is 2.55. The number of carboxylic acid groups (broad SMARTS) is 1. The molecule has 4 heteroatoms. The summed E-state index contributed by atoms with van der Waals surface area (Å²) in [6.45, 7) is 3.84. The van der Waals surface area contributed by atoms with Crippen LogP contribution in [0.3, 0.4) is 0 Å². The molecule has 1 amide bonds. The lowest BCUT2D eigenvalue weighted by molar-refractivity contribution is -0.124. The summed E-state index contributed by atoms with van der Waals surface area (Å²) in [4.78, 5) is 23.3. The molecular weight excluding hydrogens is 242 g/mol. The number of carbonyl (C=O) groups is 2. The fraction of sp³-hybridized carbons (Fsp3) is 0.467. The summed E-state index contributed by atoms with van der Waals surface area (Å²) in [7, 11) is 0. The number of amides is 1. The van der Waals surface area contributed by atoms with Gasteiger partial charge in [0.15, 0.2) is 0 Å². The summed E-state index contributed by atoms with van der Waals surface area (Å²) in [5, 5.41) is 11.9. The van der Waals surface area contributed by atoms with Gasteiger partial charge < -0.3 is 10.4 Å². The van der Waals surface area contributed by atoms with E-state index in [4.69, 9.17) is 5.11 Å². The second kappa shape index (κ2) is 5.03. The molecule has 0 aliphatic heterocycles. The Morgan fingerprint density at radius 1 is 1.26 bits per heavy atom. The number of carboxylic acids is 1. The lowest BCUT2D eigenvalue weighted by atomic mass is 9.87. The Labute approximate surface area is 112 Å². The lowest BCUT2D eigenvalue weighted by Gasteiger charge is -2.23. The maximum absolute atomic E-state index is 12.3. The molecule has 1 aliphatic carbocycles. The smallest absolute Gasteiger partial charge is 0.335 e. The maximum atomic E-state index is 12.3. The molecule has 1 saturated carbocycles. The van der Waals surface area contributed by atoms with Gasteiger partial charge in [-0.3, -0.25) is 4.79 Å². The van der Waals surface area contributed by atoms with Crippen LogP contribution in [0.25, 0.3) is 0 Å². The molecule has 1 aromatic rings. The van der Waals surface area contributed by atoms with Gasteiger partial charge in [-0.05, 0) is 37.5 Å². The molecule has 0 saturated heterocycles. The van der Waals surface area contributed by atoms with Crippen molar-refractivity contribution in [2.45, 2.75) is 39.5 Å². The van der Waals surface area contributed by atoms with Crippen molar-refractivity contribution in [3.8, 4) is 0 Å². The first kappa shape index (κ1) is 13.6. The van der Waals surface area contributed by atoms with Crippen LogP contribution >= 0.6 is 0 Å². The zero-order valence-electron chi connectivity index (χ0n) is 11.3.